The molecule has 1 aromatic carbocycles. The van der Waals surface area contributed by atoms with E-state index < -0.39 is 24.0 Å². The molecule has 2 aliphatic rings. The van der Waals surface area contributed by atoms with E-state index in [0.717, 1.165) is 18.4 Å². The molecule has 0 spiro atoms. The summed E-state index contributed by atoms with van der Waals surface area (Å²) >= 11 is 0. The van der Waals surface area contributed by atoms with Crippen molar-refractivity contribution < 1.29 is 33.5 Å². The van der Waals surface area contributed by atoms with Crippen LogP contribution in [0.15, 0.2) is 64.8 Å². The summed E-state index contributed by atoms with van der Waals surface area (Å²) < 4.78 is 5.30. The number of nitrogens with zero attached hydrogens (tertiary/aromatic N) is 1. The lowest BCUT2D eigenvalue weighted by molar-refractivity contribution is -0.140. The molecule has 1 saturated heterocycles. The lowest BCUT2D eigenvalue weighted by Gasteiger charge is -2.28. The van der Waals surface area contributed by atoms with E-state index in [1.807, 2.05) is 50.3 Å². The number of carbonyl (C=O) groups is 6. The third-order valence-corrected chi connectivity index (χ3v) is 10.4. The number of benzene rings is 1. The number of ether oxygens (including phenoxy) is 1. The third-order valence-electron chi connectivity index (χ3n) is 10.4. The molecule has 1 aliphatic heterocycles. The Kier molecular flexibility index (Phi) is 17.6. The first-order valence-corrected chi connectivity index (χ1v) is 19.8. The minimum absolute atomic E-state index is 0.00668. The molecule has 2 N–H and O–H groups in total. The van der Waals surface area contributed by atoms with Crippen molar-refractivity contribution in [2.24, 2.45) is 23.7 Å². The second kappa shape index (κ2) is 21.5. The van der Waals surface area contributed by atoms with Crippen molar-refractivity contribution in [3.8, 4) is 0 Å². The Hall–Kier alpha value is -4.34. The van der Waals surface area contributed by atoms with Crippen molar-refractivity contribution in [2.75, 3.05) is 19.7 Å². The Morgan fingerprint density at radius 2 is 1.59 bits per heavy atom. The normalized spacial score (nSPS) is 18.1. The number of likely N-dealkylation sites (tertiary alicyclic amines) is 1. The van der Waals surface area contributed by atoms with Crippen LogP contribution in [-0.2, 0) is 35.1 Å². The molecule has 1 heterocycles. The fourth-order valence-electron chi connectivity index (χ4n) is 7.40. The van der Waals surface area contributed by atoms with Crippen LogP contribution in [0.4, 0.5) is 4.79 Å². The zero-order valence-electron chi connectivity index (χ0n) is 33.8. The molecule has 10 heteroatoms. The predicted molar refractivity (Wildman–Crippen MR) is 211 cm³/mol. The van der Waals surface area contributed by atoms with Crippen LogP contribution in [-0.4, -0.2) is 71.9 Å². The van der Waals surface area contributed by atoms with Crippen molar-refractivity contribution >= 4 is 35.3 Å². The number of Topliss-reactive ketones (excluding diaryl/α,β-unsaturated/α-hetero) is 3. The molecule has 1 fully saturated rings. The molecule has 3 amide bonds. The van der Waals surface area contributed by atoms with Gasteiger partial charge in [0.25, 0.3) is 0 Å². The molecule has 3 rings (SSSR count). The highest BCUT2D eigenvalue weighted by Crippen LogP contribution is 2.28. The Morgan fingerprint density at radius 3 is 2.26 bits per heavy atom. The summed E-state index contributed by atoms with van der Waals surface area (Å²) in [5.74, 6) is -0.795. The predicted octanol–water partition coefficient (Wildman–Crippen LogP) is 7.27. The van der Waals surface area contributed by atoms with Gasteiger partial charge in [-0.05, 0) is 103 Å². The van der Waals surface area contributed by atoms with Crippen LogP contribution >= 0.6 is 0 Å². The first kappa shape index (κ1) is 44.1. The number of amides is 3. The smallest absolute Gasteiger partial charge is 0.407 e. The summed E-state index contributed by atoms with van der Waals surface area (Å²) in [6.07, 6.45) is 7.96. The standard InChI is InChI=1S/C44H63N3O7/c1-28(2)25-30(5)20-21-36(26-34-15-10-9-11-16-34)43(52)47-23-13-19-38(47)39(48)27-35(42(51)46-29(3)4)17-12-22-45-44(53)54-24-14-18-37-33(8)40(49)31(6)32(7)41(37)50/h9-11,15-16,20-21,28-30,35-36,38H,12-14,17-19,22-27H2,1-8H3,(H,45,53)(H,46,51)/b21-20+/t30-,35-,36-,38+/m1/s1. The average molecular weight is 746 g/mol. The summed E-state index contributed by atoms with van der Waals surface area (Å²) in [5.41, 5.74) is 2.90. The highest BCUT2D eigenvalue weighted by atomic mass is 16.5. The highest BCUT2D eigenvalue weighted by molar-refractivity contribution is 6.24. The van der Waals surface area contributed by atoms with E-state index in [0.29, 0.717) is 79.2 Å². The van der Waals surface area contributed by atoms with Crippen LogP contribution in [0, 0.1) is 23.7 Å². The molecule has 0 aromatic heterocycles. The Bertz CT molecular complexity index is 1590. The fraction of sp³-hybridized carbons (Fsp3) is 0.591. The molecule has 0 radical (unpaired) electrons. The minimum atomic E-state index is -0.615. The summed E-state index contributed by atoms with van der Waals surface area (Å²) in [6.45, 7) is 16.1. The van der Waals surface area contributed by atoms with Gasteiger partial charge in [-0.25, -0.2) is 4.79 Å². The number of rotatable bonds is 20. The monoisotopic (exact) mass is 745 g/mol. The Morgan fingerprint density at radius 1 is 0.907 bits per heavy atom. The highest BCUT2D eigenvalue weighted by Gasteiger charge is 2.38. The molecule has 4 atom stereocenters. The van der Waals surface area contributed by atoms with Gasteiger partial charge in [0.15, 0.2) is 17.3 Å². The number of ketones is 3. The third kappa shape index (κ3) is 13.2. The number of carbonyl (C=O) groups excluding carboxylic acids is 6. The number of nitrogens with one attached hydrogen (secondary N) is 2. The van der Waals surface area contributed by atoms with E-state index in [2.05, 4.69) is 37.5 Å². The number of alkyl carbamates (subject to hydrolysis) is 1. The van der Waals surface area contributed by atoms with Crippen molar-refractivity contribution in [1.29, 1.82) is 0 Å². The van der Waals surface area contributed by atoms with Gasteiger partial charge < -0.3 is 20.3 Å². The zero-order chi connectivity index (χ0) is 39.9. The summed E-state index contributed by atoms with van der Waals surface area (Å²) in [5, 5.41) is 5.65. The molecule has 1 aromatic rings. The molecule has 1 aliphatic carbocycles. The largest absolute Gasteiger partial charge is 0.450 e. The first-order chi connectivity index (χ1) is 25.6. The SMILES string of the molecule is CC1=C(C)C(=O)C(CCCOC(=O)NCCC[C@H](CC(=O)[C@@H]2CCCN2C(=O)[C@H](/C=C/[C@@H](C)CC(C)C)Cc2ccccc2)C(=O)NC(C)C)=C(C)C1=O. The lowest BCUT2D eigenvalue weighted by Crippen LogP contribution is -2.45. The van der Waals surface area contributed by atoms with Gasteiger partial charge in [-0.3, -0.25) is 24.0 Å². The maximum atomic E-state index is 14.1. The van der Waals surface area contributed by atoms with Gasteiger partial charge >= 0.3 is 6.09 Å². The zero-order valence-corrected chi connectivity index (χ0v) is 33.8. The van der Waals surface area contributed by atoms with Crippen molar-refractivity contribution in [3.05, 3.63) is 70.3 Å². The molecule has 0 unspecified atom stereocenters. The molecule has 0 saturated carbocycles. The minimum Gasteiger partial charge on any atom is -0.450 e. The van der Waals surface area contributed by atoms with Gasteiger partial charge in [0.2, 0.25) is 11.8 Å². The van der Waals surface area contributed by atoms with Gasteiger partial charge in [-0.1, -0.05) is 63.3 Å². The van der Waals surface area contributed by atoms with Crippen LogP contribution in [0.3, 0.4) is 0 Å². The molecule has 296 valence electrons. The maximum absolute atomic E-state index is 14.1. The van der Waals surface area contributed by atoms with Crippen LogP contribution in [0.2, 0.25) is 0 Å². The Balaban J connectivity index is 1.57. The summed E-state index contributed by atoms with van der Waals surface area (Å²) in [6, 6.07) is 9.25. The topological polar surface area (TPSA) is 139 Å². The van der Waals surface area contributed by atoms with Gasteiger partial charge in [-0.15, -0.1) is 0 Å². The van der Waals surface area contributed by atoms with Crippen LogP contribution in [0.25, 0.3) is 0 Å². The van der Waals surface area contributed by atoms with E-state index in [1.54, 1.807) is 25.7 Å². The summed E-state index contributed by atoms with van der Waals surface area (Å²) in [7, 11) is 0. The van der Waals surface area contributed by atoms with Gasteiger partial charge in [0.05, 0.1) is 18.6 Å². The molecule has 0 bridgehead atoms. The van der Waals surface area contributed by atoms with E-state index in [4.69, 9.17) is 4.74 Å². The molecule has 10 nitrogen and oxygen atoms in total. The van der Waals surface area contributed by atoms with E-state index in [9.17, 15) is 28.8 Å². The van der Waals surface area contributed by atoms with Crippen molar-refractivity contribution in [1.82, 2.24) is 15.5 Å². The second-order valence-electron chi connectivity index (χ2n) is 15.8. The maximum Gasteiger partial charge on any atom is 0.407 e. The summed E-state index contributed by atoms with van der Waals surface area (Å²) in [4.78, 5) is 80.5. The van der Waals surface area contributed by atoms with Crippen molar-refractivity contribution in [2.45, 2.75) is 125 Å². The van der Waals surface area contributed by atoms with Crippen molar-refractivity contribution in [3.63, 3.8) is 0 Å². The lowest BCUT2D eigenvalue weighted by atomic mass is 9.84. The van der Waals surface area contributed by atoms with E-state index in [-0.39, 0.29) is 54.8 Å². The number of hydrogen-bond acceptors (Lipinski definition) is 7. The van der Waals surface area contributed by atoms with Crippen LogP contribution < -0.4 is 10.6 Å². The molecular weight excluding hydrogens is 682 g/mol. The average Bonchev–Trinajstić information content (AvgIpc) is 3.62. The molecule has 54 heavy (non-hydrogen) atoms. The van der Waals surface area contributed by atoms with Crippen LogP contribution in [0.5, 0.6) is 0 Å². The molecular formula is C44H63N3O7. The van der Waals surface area contributed by atoms with E-state index >= 15 is 0 Å². The quantitative estimate of drug-likeness (QED) is 0.0814. The van der Waals surface area contributed by atoms with E-state index in [1.165, 1.54) is 0 Å². The van der Waals surface area contributed by atoms with Gasteiger partial charge in [0.1, 0.15) is 0 Å². The van der Waals surface area contributed by atoms with Gasteiger partial charge in [-0.2, -0.15) is 0 Å². The number of allylic oxidation sites excluding steroid dienone is 5. The first-order valence-electron chi connectivity index (χ1n) is 19.8. The van der Waals surface area contributed by atoms with Gasteiger partial charge in [0, 0.05) is 53.8 Å². The van der Waals surface area contributed by atoms with Crippen LogP contribution in [0.1, 0.15) is 112 Å². The number of hydrogen-bond donors (Lipinski definition) is 2. The Labute approximate surface area is 322 Å². The second-order valence-corrected chi connectivity index (χ2v) is 15.8. The fourth-order valence-corrected chi connectivity index (χ4v) is 7.40.